The smallest absolute Gasteiger partial charge is 0.234 e. The summed E-state index contributed by atoms with van der Waals surface area (Å²) in [6.07, 6.45) is 7.27. The van der Waals surface area contributed by atoms with E-state index in [2.05, 4.69) is 20.5 Å². The lowest BCUT2D eigenvalue weighted by Crippen LogP contribution is -2.17. The van der Waals surface area contributed by atoms with E-state index >= 15 is 0 Å². The molecule has 0 atom stereocenters. The first-order chi connectivity index (χ1) is 14.1. The van der Waals surface area contributed by atoms with E-state index in [0.717, 1.165) is 22.4 Å². The van der Waals surface area contributed by atoms with Gasteiger partial charge in [0.15, 0.2) is 5.82 Å². The van der Waals surface area contributed by atoms with Crippen molar-refractivity contribution >= 4 is 23.4 Å². The number of nitrogens with zero attached hydrogens (tertiary/aromatic N) is 5. The molecule has 1 amide bonds. The molecule has 1 N–H and O–H groups in total. The zero-order valence-electron chi connectivity index (χ0n) is 16.1. The molecule has 7 nitrogen and oxygen atoms in total. The number of aromatic nitrogens is 5. The average Bonchev–Trinajstić information content (AvgIpc) is 3.39. The first-order valence-electron chi connectivity index (χ1n) is 9.12. The van der Waals surface area contributed by atoms with Crippen molar-refractivity contribution in [3.8, 4) is 11.4 Å². The first-order valence-corrected chi connectivity index (χ1v) is 10.1. The van der Waals surface area contributed by atoms with Crippen LogP contribution in [0.5, 0.6) is 0 Å². The van der Waals surface area contributed by atoms with E-state index in [0.29, 0.717) is 11.0 Å². The fourth-order valence-electron chi connectivity index (χ4n) is 3.01. The van der Waals surface area contributed by atoms with Crippen molar-refractivity contribution in [1.82, 2.24) is 24.5 Å². The molecule has 0 bridgehead atoms. The lowest BCUT2D eigenvalue weighted by Gasteiger charge is -2.12. The Labute approximate surface area is 172 Å². The number of aryl methyl sites for hydroxylation is 2. The Morgan fingerprint density at radius 1 is 1.03 bits per heavy atom. The predicted molar refractivity (Wildman–Crippen MR) is 114 cm³/mol. The summed E-state index contributed by atoms with van der Waals surface area (Å²) in [4.78, 5) is 16.7. The van der Waals surface area contributed by atoms with Crippen LogP contribution in [0.15, 0.2) is 72.4 Å². The van der Waals surface area contributed by atoms with Crippen molar-refractivity contribution in [2.45, 2.75) is 19.0 Å². The van der Waals surface area contributed by atoms with E-state index in [4.69, 9.17) is 0 Å². The molecular weight excluding hydrogens is 384 g/mol. The molecule has 0 saturated heterocycles. The van der Waals surface area contributed by atoms with Crippen LogP contribution in [0.2, 0.25) is 0 Å². The molecule has 0 aliphatic rings. The Morgan fingerprint density at radius 2 is 1.79 bits per heavy atom. The van der Waals surface area contributed by atoms with E-state index in [1.54, 1.807) is 12.4 Å². The zero-order chi connectivity index (χ0) is 20.2. The number of benzene rings is 1. The number of rotatable bonds is 6. The van der Waals surface area contributed by atoms with Crippen LogP contribution in [0.3, 0.4) is 0 Å². The van der Waals surface area contributed by atoms with E-state index in [1.807, 2.05) is 78.1 Å². The fraction of sp³-hybridized carbons (Fsp3) is 0.143. The van der Waals surface area contributed by atoms with Crippen LogP contribution in [0, 0.1) is 13.8 Å². The molecule has 0 fully saturated rings. The maximum absolute atomic E-state index is 12.6. The zero-order valence-corrected chi connectivity index (χ0v) is 16.9. The number of carbonyl (C=O) groups is 1. The monoisotopic (exact) mass is 404 g/mol. The van der Waals surface area contributed by atoms with Crippen LogP contribution in [0.25, 0.3) is 11.4 Å². The number of carbonyl (C=O) groups excluding carboxylic acids is 1. The number of anilines is 1. The van der Waals surface area contributed by atoms with Crippen LogP contribution >= 0.6 is 11.8 Å². The molecule has 0 aliphatic carbocycles. The highest BCUT2D eigenvalue weighted by Gasteiger charge is 2.17. The predicted octanol–water partition coefficient (Wildman–Crippen LogP) is 3.80. The van der Waals surface area contributed by atoms with Gasteiger partial charge < -0.3 is 5.32 Å². The SMILES string of the molecule is Cc1cccc(C)c1NC(=O)CSc1nnc(-c2cccnc2)n1-n1cccc1. The summed E-state index contributed by atoms with van der Waals surface area (Å²) in [5.74, 6) is 0.796. The molecule has 0 saturated carbocycles. The second kappa shape index (κ2) is 8.32. The maximum atomic E-state index is 12.6. The summed E-state index contributed by atoms with van der Waals surface area (Å²) < 4.78 is 3.75. The van der Waals surface area contributed by atoms with E-state index in [9.17, 15) is 4.79 Å². The van der Waals surface area contributed by atoms with Gasteiger partial charge in [0, 0.05) is 36.0 Å². The van der Waals surface area contributed by atoms with Crippen LogP contribution in [-0.2, 0) is 4.79 Å². The molecule has 0 spiro atoms. The highest BCUT2D eigenvalue weighted by atomic mass is 32.2. The highest BCUT2D eigenvalue weighted by molar-refractivity contribution is 7.99. The van der Waals surface area contributed by atoms with Gasteiger partial charge >= 0.3 is 0 Å². The number of nitrogens with one attached hydrogen (secondary N) is 1. The molecule has 3 heterocycles. The largest absolute Gasteiger partial charge is 0.325 e. The Morgan fingerprint density at radius 3 is 2.48 bits per heavy atom. The Bertz CT molecular complexity index is 1100. The normalized spacial score (nSPS) is 10.8. The standard InChI is InChI=1S/C21H20N6OS/c1-15-7-5-8-16(2)19(15)23-18(28)14-29-21-25-24-20(17-9-6-10-22-13-17)27(21)26-11-3-4-12-26/h3-13H,14H2,1-2H3,(H,23,28). The van der Waals surface area contributed by atoms with Crippen molar-refractivity contribution in [2.75, 3.05) is 11.1 Å². The van der Waals surface area contributed by atoms with Gasteiger partial charge in [0.05, 0.1) is 5.75 Å². The number of amides is 1. The third-order valence-electron chi connectivity index (χ3n) is 4.43. The maximum Gasteiger partial charge on any atom is 0.234 e. The fourth-order valence-corrected chi connectivity index (χ4v) is 3.75. The van der Waals surface area contributed by atoms with Gasteiger partial charge in [0.25, 0.3) is 0 Å². The van der Waals surface area contributed by atoms with Gasteiger partial charge in [-0.1, -0.05) is 30.0 Å². The molecule has 29 heavy (non-hydrogen) atoms. The molecule has 146 valence electrons. The lowest BCUT2D eigenvalue weighted by atomic mass is 10.1. The molecule has 4 rings (SSSR count). The minimum Gasteiger partial charge on any atom is -0.325 e. The Balaban J connectivity index is 1.56. The molecule has 0 radical (unpaired) electrons. The van der Waals surface area contributed by atoms with Gasteiger partial charge in [0.1, 0.15) is 0 Å². The molecule has 3 aromatic heterocycles. The summed E-state index contributed by atoms with van der Waals surface area (Å²) in [6.45, 7) is 3.97. The van der Waals surface area contributed by atoms with Crippen molar-refractivity contribution in [1.29, 1.82) is 0 Å². The summed E-state index contributed by atoms with van der Waals surface area (Å²) in [7, 11) is 0. The van der Waals surface area contributed by atoms with Crippen LogP contribution in [0.4, 0.5) is 5.69 Å². The number of thioether (sulfide) groups is 1. The summed E-state index contributed by atoms with van der Waals surface area (Å²) in [6, 6.07) is 13.6. The Kier molecular flexibility index (Phi) is 5.44. The second-order valence-corrected chi connectivity index (χ2v) is 7.47. The van der Waals surface area contributed by atoms with Gasteiger partial charge in [-0.25, -0.2) is 4.68 Å². The minimum atomic E-state index is -0.0858. The molecule has 0 aliphatic heterocycles. The van der Waals surface area contributed by atoms with Gasteiger partial charge in [-0.15, -0.1) is 10.2 Å². The number of hydrogen-bond acceptors (Lipinski definition) is 5. The summed E-state index contributed by atoms with van der Waals surface area (Å²) in [5, 5.41) is 12.3. The Hall–Kier alpha value is -3.39. The first kappa shape index (κ1) is 18.9. The van der Waals surface area contributed by atoms with E-state index < -0.39 is 0 Å². The minimum absolute atomic E-state index is 0.0858. The van der Waals surface area contributed by atoms with Crippen molar-refractivity contribution in [3.05, 3.63) is 78.4 Å². The van der Waals surface area contributed by atoms with Crippen molar-refractivity contribution in [2.24, 2.45) is 0 Å². The number of pyridine rings is 1. The van der Waals surface area contributed by atoms with Gasteiger partial charge in [-0.2, -0.15) is 0 Å². The molecule has 1 aromatic carbocycles. The highest BCUT2D eigenvalue weighted by Crippen LogP contribution is 2.25. The summed E-state index contributed by atoms with van der Waals surface area (Å²) >= 11 is 1.34. The van der Waals surface area contributed by atoms with Crippen molar-refractivity contribution in [3.63, 3.8) is 0 Å². The van der Waals surface area contributed by atoms with E-state index in [-0.39, 0.29) is 11.7 Å². The van der Waals surface area contributed by atoms with Crippen molar-refractivity contribution < 1.29 is 4.79 Å². The third kappa shape index (κ3) is 4.07. The van der Waals surface area contributed by atoms with E-state index in [1.165, 1.54) is 11.8 Å². The molecule has 0 unspecified atom stereocenters. The van der Waals surface area contributed by atoms with Crippen LogP contribution in [0.1, 0.15) is 11.1 Å². The second-order valence-electron chi connectivity index (χ2n) is 6.53. The lowest BCUT2D eigenvalue weighted by molar-refractivity contribution is -0.113. The van der Waals surface area contributed by atoms with Gasteiger partial charge in [0.2, 0.25) is 11.1 Å². The summed E-state index contributed by atoms with van der Waals surface area (Å²) in [5.41, 5.74) is 3.79. The quantitative estimate of drug-likeness (QED) is 0.495. The van der Waals surface area contributed by atoms with Gasteiger partial charge in [-0.3, -0.25) is 14.5 Å². The molecule has 4 aromatic rings. The topological polar surface area (TPSA) is 77.6 Å². The third-order valence-corrected chi connectivity index (χ3v) is 5.35. The number of hydrogen-bond donors (Lipinski definition) is 1. The molecule has 8 heteroatoms. The van der Waals surface area contributed by atoms with Crippen LogP contribution < -0.4 is 5.32 Å². The average molecular weight is 404 g/mol. The molecular formula is C21H20N6OS. The van der Waals surface area contributed by atoms with Crippen LogP contribution in [-0.4, -0.2) is 36.2 Å². The number of para-hydroxylation sites is 1. The van der Waals surface area contributed by atoms with Gasteiger partial charge in [-0.05, 0) is 49.2 Å².